The number of carbonyl (C=O) groups excluding carboxylic acids is 3. The van der Waals surface area contributed by atoms with Crippen LogP contribution in [0.3, 0.4) is 0 Å². The number of anilines is 2. The van der Waals surface area contributed by atoms with E-state index >= 15 is 0 Å². The average Bonchev–Trinajstić information content (AvgIpc) is 3.16. The van der Waals surface area contributed by atoms with E-state index in [1.54, 1.807) is 61.2 Å². The smallest absolute Gasteiger partial charge is 0.315 e. The van der Waals surface area contributed by atoms with E-state index < -0.39 is 23.8 Å². The van der Waals surface area contributed by atoms with E-state index in [1.807, 2.05) is 0 Å². The third-order valence-electron chi connectivity index (χ3n) is 6.92. The molecule has 0 aromatic heterocycles. The number of nitrogens with one attached hydrogen (secondary N) is 2. The average molecular weight is 630 g/mol. The maximum Gasteiger partial charge on any atom is 0.347 e. The van der Waals surface area contributed by atoms with Gasteiger partial charge in [-0.2, -0.15) is 10.2 Å². The standard InChI is InChI=1S/C30H31Cl2FN6O4/c1-30(2)27(39(43)28(41)35-24-9-5-7-21(31)17-24)38(25-10-6-8-22(32)18-25)29(42)37(30)16-4-3-11-26(40)36-34-19-20-12-14-23(33)15-13-20/h5-10,12-15,17-19,27,43H,3-4,11,16H2,1-2H3,(H,35,41)(H,36,40). The zero-order valence-electron chi connectivity index (χ0n) is 23.5. The molecular weight excluding hydrogens is 598 g/mol. The van der Waals surface area contributed by atoms with Crippen LogP contribution in [0.5, 0.6) is 0 Å². The van der Waals surface area contributed by atoms with Gasteiger partial charge in [0.05, 0.1) is 11.8 Å². The van der Waals surface area contributed by atoms with Gasteiger partial charge in [0.1, 0.15) is 5.82 Å². The highest BCUT2D eigenvalue weighted by Gasteiger charge is 2.55. The molecule has 1 fully saturated rings. The Morgan fingerprint density at radius 3 is 2.40 bits per heavy atom. The number of halogens is 3. The number of unbranched alkanes of at least 4 members (excludes halogenated alkanes) is 1. The van der Waals surface area contributed by atoms with E-state index in [4.69, 9.17) is 23.2 Å². The molecule has 0 saturated carbocycles. The number of nitrogens with zero attached hydrogens (tertiary/aromatic N) is 4. The Morgan fingerprint density at radius 2 is 1.72 bits per heavy atom. The first kappa shape index (κ1) is 31.7. The molecule has 0 bridgehead atoms. The summed E-state index contributed by atoms with van der Waals surface area (Å²) in [7, 11) is 0. The molecule has 1 atom stereocenters. The minimum absolute atomic E-state index is 0.152. The molecule has 1 unspecified atom stereocenters. The number of hydrazone groups is 1. The molecule has 43 heavy (non-hydrogen) atoms. The van der Waals surface area contributed by atoms with Crippen LogP contribution in [0, 0.1) is 5.82 Å². The van der Waals surface area contributed by atoms with Gasteiger partial charge in [-0.15, -0.1) is 0 Å². The van der Waals surface area contributed by atoms with Crippen LogP contribution < -0.4 is 15.6 Å². The molecule has 3 aromatic rings. The minimum Gasteiger partial charge on any atom is -0.315 e. The van der Waals surface area contributed by atoms with Gasteiger partial charge in [0.15, 0.2) is 6.17 Å². The predicted octanol–water partition coefficient (Wildman–Crippen LogP) is 6.72. The third kappa shape index (κ3) is 7.81. The molecule has 3 aromatic carbocycles. The minimum atomic E-state index is -1.14. The van der Waals surface area contributed by atoms with Crippen molar-refractivity contribution >= 4 is 58.8 Å². The van der Waals surface area contributed by atoms with Gasteiger partial charge in [0, 0.05) is 34.4 Å². The molecule has 0 radical (unpaired) electrons. The molecule has 3 N–H and O–H groups in total. The SMILES string of the molecule is CC1(C)C(N(O)C(=O)Nc2cccc(Cl)c2)N(c2cccc(Cl)c2)C(=O)N1CCCCC(=O)NN=Cc1ccc(F)cc1. The van der Waals surface area contributed by atoms with Crippen LogP contribution in [0.25, 0.3) is 0 Å². The second-order valence-corrected chi connectivity index (χ2v) is 11.3. The van der Waals surface area contributed by atoms with E-state index in [2.05, 4.69) is 15.8 Å². The fourth-order valence-electron chi connectivity index (χ4n) is 4.80. The van der Waals surface area contributed by atoms with Crippen molar-refractivity contribution in [2.24, 2.45) is 5.10 Å². The Bertz CT molecular complexity index is 1500. The first-order valence-electron chi connectivity index (χ1n) is 13.5. The normalized spacial score (nSPS) is 16.0. The Morgan fingerprint density at radius 1 is 1.05 bits per heavy atom. The maximum atomic E-state index is 13.8. The molecular formula is C30H31Cl2FN6O4. The van der Waals surface area contributed by atoms with Crippen molar-refractivity contribution in [1.29, 1.82) is 0 Å². The van der Waals surface area contributed by atoms with Crippen molar-refractivity contribution in [3.8, 4) is 0 Å². The van der Waals surface area contributed by atoms with Crippen LogP contribution in [-0.2, 0) is 4.79 Å². The molecule has 1 aliphatic rings. The maximum absolute atomic E-state index is 13.8. The highest BCUT2D eigenvalue weighted by Crippen LogP contribution is 2.39. The first-order chi connectivity index (χ1) is 20.5. The third-order valence-corrected chi connectivity index (χ3v) is 7.39. The summed E-state index contributed by atoms with van der Waals surface area (Å²) in [4.78, 5) is 42.1. The molecule has 13 heteroatoms. The zero-order chi connectivity index (χ0) is 31.1. The molecule has 5 amide bonds. The number of urea groups is 2. The summed E-state index contributed by atoms with van der Waals surface area (Å²) in [6, 6.07) is 17.4. The fourth-order valence-corrected chi connectivity index (χ4v) is 5.18. The molecule has 1 saturated heterocycles. The van der Waals surface area contributed by atoms with Crippen molar-refractivity contribution < 1.29 is 24.0 Å². The summed E-state index contributed by atoms with van der Waals surface area (Å²) in [5, 5.41) is 19.0. The zero-order valence-corrected chi connectivity index (χ0v) is 25.0. The number of amides is 5. The van der Waals surface area contributed by atoms with Gasteiger partial charge >= 0.3 is 12.1 Å². The lowest BCUT2D eigenvalue weighted by Gasteiger charge is -2.38. The largest absolute Gasteiger partial charge is 0.347 e. The second kappa shape index (κ2) is 13.9. The number of carbonyl (C=O) groups is 3. The Labute approximate surface area is 258 Å². The number of rotatable bonds is 10. The molecule has 1 aliphatic heterocycles. The van der Waals surface area contributed by atoms with E-state index in [-0.39, 0.29) is 24.7 Å². The summed E-state index contributed by atoms with van der Waals surface area (Å²) in [5.41, 5.74) is 2.76. The lowest BCUT2D eigenvalue weighted by molar-refractivity contribution is -0.121. The molecule has 0 spiro atoms. The fraction of sp³-hybridized carbons (Fsp3) is 0.267. The summed E-state index contributed by atoms with van der Waals surface area (Å²) in [6.07, 6.45) is 1.33. The first-order valence-corrected chi connectivity index (χ1v) is 14.2. The van der Waals surface area contributed by atoms with Crippen molar-refractivity contribution in [2.45, 2.75) is 44.8 Å². The van der Waals surface area contributed by atoms with Crippen molar-refractivity contribution in [3.63, 3.8) is 0 Å². The van der Waals surface area contributed by atoms with Gasteiger partial charge in [-0.25, -0.2) is 19.4 Å². The van der Waals surface area contributed by atoms with Crippen LogP contribution in [0.15, 0.2) is 77.9 Å². The highest BCUT2D eigenvalue weighted by atomic mass is 35.5. The molecule has 1 heterocycles. The quantitative estimate of drug-likeness (QED) is 0.0999. The van der Waals surface area contributed by atoms with Gasteiger partial charge in [-0.3, -0.25) is 14.9 Å². The van der Waals surface area contributed by atoms with Crippen LogP contribution in [0.2, 0.25) is 10.0 Å². The van der Waals surface area contributed by atoms with E-state index in [0.29, 0.717) is 44.9 Å². The van der Waals surface area contributed by atoms with Gasteiger partial charge in [0.25, 0.3) is 0 Å². The van der Waals surface area contributed by atoms with Crippen molar-refractivity contribution in [1.82, 2.24) is 15.4 Å². The monoisotopic (exact) mass is 628 g/mol. The number of hydrogen-bond acceptors (Lipinski definition) is 5. The highest BCUT2D eigenvalue weighted by molar-refractivity contribution is 6.31. The van der Waals surface area contributed by atoms with Crippen LogP contribution in [0.1, 0.15) is 38.7 Å². The van der Waals surface area contributed by atoms with E-state index in [0.717, 1.165) is 0 Å². The topological polar surface area (TPSA) is 118 Å². The van der Waals surface area contributed by atoms with Crippen molar-refractivity contribution in [2.75, 3.05) is 16.8 Å². The van der Waals surface area contributed by atoms with Gasteiger partial charge < -0.3 is 10.2 Å². The van der Waals surface area contributed by atoms with E-state index in [1.165, 1.54) is 41.4 Å². The molecule has 4 rings (SSSR count). The van der Waals surface area contributed by atoms with Crippen LogP contribution in [0.4, 0.5) is 25.4 Å². The summed E-state index contributed by atoms with van der Waals surface area (Å²) >= 11 is 12.2. The lowest BCUT2D eigenvalue weighted by Crippen LogP contribution is -2.58. The predicted molar refractivity (Wildman–Crippen MR) is 164 cm³/mol. The summed E-state index contributed by atoms with van der Waals surface area (Å²) < 4.78 is 13.0. The lowest BCUT2D eigenvalue weighted by atomic mass is 9.99. The Hall–Kier alpha value is -4.19. The van der Waals surface area contributed by atoms with Crippen LogP contribution in [-0.4, -0.2) is 57.6 Å². The number of hydrogen-bond donors (Lipinski definition) is 3. The molecule has 0 aliphatic carbocycles. The van der Waals surface area contributed by atoms with Crippen LogP contribution >= 0.6 is 23.2 Å². The molecule has 10 nitrogen and oxygen atoms in total. The van der Waals surface area contributed by atoms with E-state index in [9.17, 15) is 24.0 Å². The second-order valence-electron chi connectivity index (χ2n) is 10.4. The van der Waals surface area contributed by atoms with Gasteiger partial charge in [-0.05, 0) is 80.8 Å². The summed E-state index contributed by atoms with van der Waals surface area (Å²) in [6.45, 7) is 3.73. The van der Waals surface area contributed by atoms with Crippen molar-refractivity contribution in [3.05, 3.63) is 94.2 Å². The number of benzene rings is 3. The Balaban J connectivity index is 1.43. The Kier molecular flexibility index (Phi) is 10.2. The van der Waals surface area contributed by atoms with Gasteiger partial charge in [-0.1, -0.05) is 47.5 Å². The number of hydroxylamine groups is 2. The summed E-state index contributed by atoms with van der Waals surface area (Å²) in [5.74, 6) is -0.682. The van der Waals surface area contributed by atoms with Gasteiger partial charge in [0.2, 0.25) is 5.91 Å². The molecule has 226 valence electrons.